The second kappa shape index (κ2) is 7.98. The van der Waals surface area contributed by atoms with Crippen LogP contribution in [0.5, 0.6) is 0 Å². The van der Waals surface area contributed by atoms with E-state index in [4.69, 9.17) is 4.74 Å². The SMILES string of the molecule is C[Si](C)(C)CCOCn1cnc(-c2sc(-c3ccncc3)nc2C=O)n1. The van der Waals surface area contributed by atoms with Crippen molar-refractivity contribution in [3.63, 3.8) is 0 Å². The predicted molar refractivity (Wildman–Crippen MR) is 104 cm³/mol. The minimum absolute atomic E-state index is 0.346. The van der Waals surface area contributed by atoms with E-state index in [-0.39, 0.29) is 0 Å². The van der Waals surface area contributed by atoms with Crippen molar-refractivity contribution in [3.05, 3.63) is 36.5 Å². The van der Waals surface area contributed by atoms with Gasteiger partial charge in [-0.05, 0) is 18.2 Å². The molecule has 3 rings (SSSR count). The highest BCUT2D eigenvalue weighted by Gasteiger charge is 2.17. The number of aromatic nitrogens is 5. The maximum Gasteiger partial charge on any atom is 0.193 e. The van der Waals surface area contributed by atoms with Gasteiger partial charge in [0.05, 0.1) is 0 Å². The summed E-state index contributed by atoms with van der Waals surface area (Å²) in [5.74, 6) is 0.485. The molecule has 0 amide bonds. The fraction of sp³-hybridized carbons (Fsp3) is 0.353. The fourth-order valence-corrected chi connectivity index (χ4v) is 3.92. The van der Waals surface area contributed by atoms with E-state index < -0.39 is 8.07 Å². The molecule has 3 aromatic rings. The normalized spacial score (nSPS) is 11.7. The minimum atomic E-state index is -1.10. The highest BCUT2D eigenvalue weighted by atomic mass is 32.1. The molecule has 0 saturated heterocycles. The lowest BCUT2D eigenvalue weighted by Crippen LogP contribution is -2.22. The Labute approximate surface area is 157 Å². The van der Waals surface area contributed by atoms with Crippen LogP contribution in [0.2, 0.25) is 25.7 Å². The van der Waals surface area contributed by atoms with Crippen molar-refractivity contribution in [3.8, 4) is 21.3 Å². The molecule has 0 unspecified atom stereocenters. The van der Waals surface area contributed by atoms with Crippen molar-refractivity contribution in [2.45, 2.75) is 32.4 Å². The van der Waals surface area contributed by atoms with Gasteiger partial charge in [0.15, 0.2) is 12.1 Å². The Bertz CT molecular complexity index is 873. The third-order valence-corrected chi connectivity index (χ3v) is 6.47. The summed E-state index contributed by atoms with van der Waals surface area (Å²) in [4.78, 5) is 24.8. The maximum atomic E-state index is 11.4. The van der Waals surface area contributed by atoms with Crippen molar-refractivity contribution in [2.75, 3.05) is 6.61 Å². The molecule has 0 aromatic carbocycles. The molecule has 136 valence electrons. The molecule has 0 bridgehead atoms. The summed E-state index contributed by atoms with van der Waals surface area (Å²) in [5.41, 5.74) is 1.26. The Kier molecular flexibility index (Phi) is 5.69. The van der Waals surface area contributed by atoms with E-state index in [0.717, 1.165) is 29.5 Å². The molecule has 7 nitrogen and oxygen atoms in total. The number of pyridine rings is 1. The van der Waals surface area contributed by atoms with E-state index in [1.165, 1.54) is 11.3 Å². The van der Waals surface area contributed by atoms with Crippen LogP contribution in [0.25, 0.3) is 21.3 Å². The van der Waals surface area contributed by atoms with Crippen LogP contribution in [0.15, 0.2) is 30.9 Å². The van der Waals surface area contributed by atoms with Gasteiger partial charge < -0.3 is 4.74 Å². The summed E-state index contributed by atoms with van der Waals surface area (Å²) in [6.07, 6.45) is 5.75. The van der Waals surface area contributed by atoms with Gasteiger partial charge in [-0.25, -0.2) is 14.6 Å². The first kappa shape index (κ1) is 18.6. The van der Waals surface area contributed by atoms with Crippen LogP contribution < -0.4 is 0 Å². The van der Waals surface area contributed by atoms with Gasteiger partial charge in [0.2, 0.25) is 0 Å². The number of carbonyl (C=O) groups excluding carboxylic acids is 1. The molecule has 0 fully saturated rings. The monoisotopic (exact) mass is 387 g/mol. The summed E-state index contributed by atoms with van der Waals surface area (Å²) >= 11 is 1.39. The maximum absolute atomic E-state index is 11.4. The van der Waals surface area contributed by atoms with Gasteiger partial charge in [-0.2, -0.15) is 0 Å². The van der Waals surface area contributed by atoms with E-state index >= 15 is 0 Å². The number of ether oxygens (including phenoxy) is 1. The molecule has 0 radical (unpaired) electrons. The third kappa shape index (κ3) is 4.68. The van der Waals surface area contributed by atoms with Crippen LogP contribution >= 0.6 is 11.3 Å². The van der Waals surface area contributed by atoms with E-state index in [0.29, 0.717) is 23.1 Å². The topological polar surface area (TPSA) is 82.8 Å². The van der Waals surface area contributed by atoms with Crippen LogP contribution in [0.4, 0.5) is 0 Å². The van der Waals surface area contributed by atoms with Crippen LogP contribution in [0.3, 0.4) is 0 Å². The zero-order valence-electron chi connectivity index (χ0n) is 15.0. The Balaban J connectivity index is 1.72. The largest absolute Gasteiger partial charge is 0.359 e. The lowest BCUT2D eigenvalue weighted by atomic mass is 10.3. The minimum Gasteiger partial charge on any atom is -0.359 e. The van der Waals surface area contributed by atoms with Crippen molar-refractivity contribution in [1.82, 2.24) is 24.7 Å². The van der Waals surface area contributed by atoms with Crippen LogP contribution in [-0.2, 0) is 11.5 Å². The Morgan fingerprint density at radius 3 is 2.73 bits per heavy atom. The lowest BCUT2D eigenvalue weighted by molar-refractivity contribution is 0.0785. The molecule has 0 aliphatic carbocycles. The van der Waals surface area contributed by atoms with Gasteiger partial charge in [-0.15, -0.1) is 16.4 Å². The smallest absolute Gasteiger partial charge is 0.193 e. The summed E-state index contributed by atoms with van der Waals surface area (Å²) in [5, 5.41) is 5.16. The standard InChI is InChI=1S/C17H21N5O2SSi/c1-26(2,3)9-8-24-12-22-11-19-16(21-22)15-14(10-23)20-17(25-15)13-4-6-18-7-5-13/h4-7,10-11H,8-9,12H2,1-3H3. The molecule has 0 atom stereocenters. The third-order valence-electron chi connectivity index (χ3n) is 3.65. The average molecular weight is 388 g/mol. The van der Waals surface area contributed by atoms with Crippen LogP contribution in [0, 0.1) is 0 Å². The number of hydrogen-bond acceptors (Lipinski definition) is 7. The number of nitrogens with zero attached hydrogens (tertiary/aromatic N) is 5. The highest BCUT2D eigenvalue weighted by Crippen LogP contribution is 2.32. The first-order valence-electron chi connectivity index (χ1n) is 8.30. The summed E-state index contributed by atoms with van der Waals surface area (Å²) in [7, 11) is -1.10. The number of rotatable bonds is 8. The van der Waals surface area contributed by atoms with Crippen molar-refractivity contribution < 1.29 is 9.53 Å². The molecule has 9 heteroatoms. The molecule has 0 aliphatic rings. The predicted octanol–water partition coefficient (Wildman–Crippen LogP) is 3.59. The number of carbonyl (C=O) groups is 1. The molecule has 0 spiro atoms. The number of thiazole rings is 1. The average Bonchev–Trinajstić information content (AvgIpc) is 3.25. The Hall–Kier alpha value is -2.23. The summed E-state index contributed by atoms with van der Waals surface area (Å²) in [6.45, 7) is 8.01. The quantitative estimate of drug-likeness (QED) is 0.334. The Morgan fingerprint density at radius 1 is 1.27 bits per heavy atom. The van der Waals surface area contributed by atoms with Gasteiger partial charge in [0.1, 0.15) is 28.6 Å². The zero-order valence-corrected chi connectivity index (χ0v) is 16.9. The van der Waals surface area contributed by atoms with Gasteiger partial charge >= 0.3 is 0 Å². The molecule has 3 aromatic heterocycles. The highest BCUT2D eigenvalue weighted by molar-refractivity contribution is 7.18. The molecular weight excluding hydrogens is 366 g/mol. The molecule has 0 aliphatic heterocycles. The zero-order chi connectivity index (χ0) is 18.6. The number of hydrogen-bond donors (Lipinski definition) is 0. The second-order valence-corrected chi connectivity index (χ2v) is 13.7. The van der Waals surface area contributed by atoms with Gasteiger partial charge in [0, 0.05) is 32.6 Å². The van der Waals surface area contributed by atoms with E-state index in [9.17, 15) is 4.79 Å². The van der Waals surface area contributed by atoms with Crippen LogP contribution in [-0.4, -0.2) is 45.7 Å². The van der Waals surface area contributed by atoms with E-state index in [1.807, 2.05) is 12.1 Å². The van der Waals surface area contributed by atoms with Gasteiger partial charge in [0.25, 0.3) is 0 Å². The first-order chi connectivity index (χ1) is 12.5. The first-order valence-corrected chi connectivity index (χ1v) is 12.8. The molecule has 0 N–H and O–H groups in total. The number of aldehydes is 1. The van der Waals surface area contributed by atoms with Gasteiger partial charge in [-0.3, -0.25) is 9.78 Å². The lowest BCUT2D eigenvalue weighted by Gasteiger charge is -2.15. The van der Waals surface area contributed by atoms with Crippen molar-refractivity contribution in [1.29, 1.82) is 0 Å². The molecule has 0 saturated carbocycles. The summed E-state index contributed by atoms with van der Waals surface area (Å²) < 4.78 is 7.32. The van der Waals surface area contributed by atoms with Crippen molar-refractivity contribution in [2.24, 2.45) is 0 Å². The van der Waals surface area contributed by atoms with E-state index in [2.05, 4.69) is 39.7 Å². The van der Waals surface area contributed by atoms with Crippen LogP contribution in [0.1, 0.15) is 10.5 Å². The molecule has 26 heavy (non-hydrogen) atoms. The van der Waals surface area contributed by atoms with Crippen molar-refractivity contribution >= 4 is 25.7 Å². The fourth-order valence-electron chi connectivity index (χ4n) is 2.19. The van der Waals surface area contributed by atoms with Gasteiger partial charge in [-0.1, -0.05) is 19.6 Å². The molecule has 3 heterocycles. The van der Waals surface area contributed by atoms with E-state index in [1.54, 1.807) is 23.4 Å². The summed E-state index contributed by atoms with van der Waals surface area (Å²) in [6, 6.07) is 4.82. The Morgan fingerprint density at radius 2 is 2.04 bits per heavy atom. The second-order valence-electron chi connectivity index (χ2n) is 7.04. The molecular formula is C17H21N5O2SSi.